The van der Waals surface area contributed by atoms with Crippen molar-refractivity contribution in [1.29, 1.82) is 0 Å². The molecular weight excluding hydrogens is 312 g/mol. The summed E-state index contributed by atoms with van der Waals surface area (Å²) in [5.41, 5.74) is -2.70. The van der Waals surface area contributed by atoms with Gasteiger partial charge in [0, 0.05) is 0 Å². The third-order valence-corrected chi connectivity index (χ3v) is 4.42. The quantitative estimate of drug-likeness (QED) is 0.404. The average molecular weight is 318 g/mol. The Hall–Kier alpha value is -3.54. The Morgan fingerprint density at radius 2 is 0.750 bits per heavy atom. The van der Waals surface area contributed by atoms with Gasteiger partial charge in [0.15, 0.2) is 0 Å². The molecule has 0 aliphatic heterocycles. The Balaban J connectivity index is 2.13. The van der Waals surface area contributed by atoms with Gasteiger partial charge in [-0.3, -0.25) is 0 Å². The van der Waals surface area contributed by atoms with Crippen LogP contribution in [0.5, 0.6) is 0 Å². The van der Waals surface area contributed by atoms with E-state index in [1.807, 2.05) is 0 Å². The molecule has 5 aromatic rings. The number of rotatable bonds is 0. The van der Waals surface area contributed by atoms with Crippen molar-refractivity contribution in [3.63, 3.8) is 0 Å². The molecule has 0 saturated carbocycles. The molecule has 0 atom stereocenters. The molecule has 0 spiro atoms. The second-order valence-electron chi connectivity index (χ2n) is 5.59. The Morgan fingerprint density at radius 1 is 0.417 bits per heavy atom. The molecule has 0 saturated heterocycles. The van der Waals surface area contributed by atoms with E-state index in [2.05, 4.69) is 8.83 Å². The van der Waals surface area contributed by atoms with Crippen LogP contribution in [-0.4, -0.2) is 0 Å². The summed E-state index contributed by atoms with van der Waals surface area (Å²) >= 11 is 0. The van der Waals surface area contributed by atoms with E-state index >= 15 is 0 Å². The van der Waals surface area contributed by atoms with E-state index in [0.29, 0.717) is 21.5 Å². The van der Waals surface area contributed by atoms with Crippen molar-refractivity contribution in [2.45, 2.75) is 0 Å². The summed E-state index contributed by atoms with van der Waals surface area (Å²) in [6, 6.07) is 9.75. The molecule has 6 heteroatoms. The van der Waals surface area contributed by atoms with Crippen LogP contribution in [-0.2, 0) is 0 Å². The molecular formula is C18H6O6. The summed E-state index contributed by atoms with van der Waals surface area (Å²) in [6.45, 7) is 0. The van der Waals surface area contributed by atoms with Crippen molar-refractivity contribution in [3.8, 4) is 0 Å². The van der Waals surface area contributed by atoms with Crippen LogP contribution in [0.1, 0.15) is 0 Å². The predicted molar refractivity (Wildman–Crippen MR) is 88.5 cm³/mol. The molecule has 0 aliphatic carbocycles. The molecule has 0 bridgehead atoms. The highest BCUT2D eigenvalue weighted by molar-refractivity contribution is 6.21. The van der Waals surface area contributed by atoms with Gasteiger partial charge in [-0.25, -0.2) is 19.2 Å². The lowest BCUT2D eigenvalue weighted by atomic mass is 9.97. The third kappa shape index (κ3) is 1.40. The van der Waals surface area contributed by atoms with Gasteiger partial charge in [0.05, 0.1) is 21.5 Å². The molecule has 0 N–H and O–H groups in total. The molecule has 0 amide bonds. The topological polar surface area (TPSA) is 94.6 Å². The van der Waals surface area contributed by atoms with Gasteiger partial charge in [-0.15, -0.1) is 0 Å². The fraction of sp³-hybridized carbons (Fsp3) is 0. The van der Waals surface area contributed by atoms with Gasteiger partial charge in [-0.1, -0.05) is 24.3 Å². The van der Waals surface area contributed by atoms with Gasteiger partial charge in [-0.05, 0) is 33.7 Å². The maximum atomic E-state index is 11.9. The van der Waals surface area contributed by atoms with Gasteiger partial charge in [0.25, 0.3) is 0 Å². The monoisotopic (exact) mass is 318 g/mol. The zero-order chi connectivity index (χ0) is 16.6. The molecule has 2 aromatic heterocycles. The molecule has 0 fully saturated rings. The van der Waals surface area contributed by atoms with Crippen LogP contribution in [0.25, 0.3) is 43.1 Å². The third-order valence-electron chi connectivity index (χ3n) is 4.42. The first-order chi connectivity index (χ1) is 11.6. The summed E-state index contributed by atoms with van der Waals surface area (Å²) in [4.78, 5) is 47.2. The van der Waals surface area contributed by atoms with E-state index in [4.69, 9.17) is 0 Å². The van der Waals surface area contributed by atoms with Crippen LogP contribution < -0.4 is 22.5 Å². The van der Waals surface area contributed by atoms with Gasteiger partial charge in [-0.2, -0.15) is 0 Å². The SMILES string of the molecule is O=c1oc(=O)c2c1ccc1c3ccc4c(=O)oc(=O)c4c3ccc12. The first-order valence-electron chi connectivity index (χ1n) is 7.12. The lowest BCUT2D eigenvalue weighted by Crippen LogP contribution is -1.95. The van der Waals surface area contributed by atoms with Crippen LogP contribution in [0.4, 0.5) is 0 Å². The Kier molecular flexibility index (Phi) is 2.19. The van der Waals surface area contributed by atoms with Crippen LogP contribution in [0, 0.1) is 0 Å². The molecule has 3 aromatic carbocycles. The number of fused-ring (bicyclic) bond motifs is 7. The first kappa shape index (κ1) is 13.0. The fourth-order valence-corrected chi connectivity index (χ4v) is 3.38. The second kappa shape index (κ2) is 4.05. The molecule has 0 radical (unpaired) electrons. The van der Waals surface area contributed by atoms with E-state index in [9.17, 15) is 19.2 Å². The van der Waals surface area contributed by atoms with E-state index in [1.165, 1.54) is 12.1 Å². The van der Waals surface area contributed by atoms with Crippen molar-refractivity contribution < 1.29 is 8.83 Å². The van der Waals surface area contributed by atoms with Gasteiger partial charge in [0.2, 0.25) is 0 Å². The largest absolute Gasteiger partial charge is 0.386 e. The van der Waals surface area contributed by atoms with Crippen LogP contribution in [0.15, 0.2) is 64.4 Å². The van der Waals surface area contributed by atoms with Crippen molar-refractivity contribution in [2.24, 2.45) is 0 Å². The molecule has 2 heterocycles. The lowest BCUT2D eigenvalue weighted by molar-refractivity contribution is 0.500. The van der Waals surface area contributed by atoms with Crippen molar-refractivity contribution in [3.05, 3.63) is 78.1 Å². The summed E-state index contributed by atoms with van der Waals surface area (Å²) in [5, 5.41) is 3.39. The van der Waals surface area contributed by atoms with Crippen molar-refractivity contribution >= 4 is 43.1 Å². The molecule has 5 rings (SSSR count). The number of hydrogen-bond acceptors (Lipinski definition) is 6. The van der Waals surface area contributed by atoms with Crippen LogP contribution in [0.2, 0.25) is 0 Å². The van der Waals surface area contributed by atoms with Crippen molar-refractivity contribution in [1.82, 2.24) is 0 Å². The maximum Gasteiger partial charge on any atom is 0.347 e. The maximum absolute atomic E-state index is 11.9. The second-order valence-corrected chi connectivity index (χ2v) is 5.59. The lowest BCUT2D eigenvalue weighted by Gasteiger charge is -2.04. The van der Waals surface area contributed by atoms with Crippen molar-refractivity contribution in [2.75, 3.05) is 0 Å². The van der Waals surface area contributed by atoms with E-state index in [-0.39, 0.29) is 21.5 Å². The Labute approximate surface area is 130 Å². The van der Waals surface area contributed by atoms with Crippen LogP contribution >= 0.6 is 0 Å². The fourth-order valence-electron chi connectivity index (χ4n) is 3.38. The smallest absolute Gasteiger partial charge is 0.347 e. The van der Waals surface area contributed by atoms with Crippen LogP contribution in [0.3, 0.4) is 0 Å². The summed E-state index contributed by atoms with van der Waals surface area (Å²) in [7, 11) is 0. The minimum absolute atomic E-state index is 0.221. The average Bonchev–Trinajstić information content (AvgIpc) is 3.03. The number of furan rings is 2. The molecule has 0 unspecified atom stereocenters. The van der Waals surface area contributed by atoms with E-state index in [1.54, 1.807) is 24.3 Å². The first-order valence-corrected chi connectivity index (χ1v) is 7.12. The van der Waals surface area contributed by atoms with Gasteiger partial charge in [0.1, 0.15) is 0 Å². The summed E-state index contributed by atoms with van der Waals surface area (Å²) in [6.07, 6.45) is 0. The van der Waals surface area contributed by atoms with E-state index < -0.39 is 22.5 Å². The Morgan fingerprint density at radius 3 is 1.17 bits per heavy atom. The summed E-state index contributed by atoms with van der Waals surface area (Å²) in [5.74, 6) is 0. The summed E-state index contributed by atoms with van der Waals surface area (Å²) < 4.78 is 9.32. The van der Waals surface area contributed by atoms with Gasteiger partial charge < -0.3 is 8.83 Å². The van der Waals surface area contributed by atoms with E-state index in [0.717, 1.165) is 0 Å². The minimum Gasteiger partial charge on any atom is -0.386 e. The normalized spacial score (nSPS) is 12.0. The molecule has 114 valence electrons. The highest BCUT2D eigenvalue weighted by atomic mass is 16.4. The molecule has 24 heavy (non-hydrogen) atoms. The molecule has 6 nitrogen and oxygen atoms in total. The number of hydrogen-bond donors (Lipinski definition) is 0. The zero-order valence-electron chi connectivity index (χ0n) is 11.9. The minimum atomic E-state index is -0.685. The van der Waals surface area contributed by atoms with Gasteiger partial charge >= 0.3 is 22.5 Å². The highest BCUT2D eigenvalue weighted by Gasteiger charge is 2.16. The molecule has 0 aliphatic rings. The zero-order valence-corrected chi connectivity index (χ0v) is 11.9. The predicted octanol–water partition coefficient (Wildman–Crippen LogP) is 1.80. The standard InChI is InChI=1S/C18H6O6/c19-15-11-5-1-7-8-2-6-12-14(18(22)24-16(12)20)10(8)4-3-9(7)13(11)17(21)23-15/h1-6H. The Bertz CT molecular complexity index is 1410. The highest BCUT2D eigenvalue weighted by Crippen LogP contribution is 2.31. The number of benzene rings is 3.